The van der Waals surface area contributed by atoms with E-state index < -0.39 is 26.7 Å². The van der Waals surface area contributed by atoms with Crippen molar-refractivity contribution < 1.29 is 22.7 Å². The van der Waals surface area contributed by atoms with Crippen molar-refractivity contribution in [3.63, 3.8) is 0 Å². The van der Waals surface area contributed by atoms with Crippen LogP contribution < -0.4 is 14.8 Å². The molecule has 1 aliphatic rings. The minimum absolute atomic E-state index is 0.374. The molecule has 1 amide bonds. The molecule has 138 valence electrons. The average Bonchev–Trinajstić information content (AvgIpc) is 3.06. The number of hydrogen-bond acceptors (Lipinski definition) is 5. The molecule has 0 aliphatic heterocycles. The summed E-state index contributed by atoms with van der Waals surface area (Å²) in [6.07, 6.45) is 1.23. The molecule has 6 nitrogen and oxygen atoms in total. The third-order valence-electron chi connectivity index (χ3n) is 4.52. The van der Waals surface area contributed by atoms with E-state index in [2.05, 4.69) is 5.32 Å². The molecule has 0 fully saturated rings. The second-order valence-corrected chi connectivity index (χ2v) is 8.33. The lowest BCUT2D eigenvalue weighted by molar-refractivity contribution is -0.113. The summed E-state index contributed by atoms with van der Waals surface area (Å²) in [5.74, 6) is -0.204. The molecule has 2 aromatic carbocycles. The van der Waals surface area contributed by atoms with E-state index >= 15 is 0 Å². The zero-order valence-electron chi connectivity index (χ0n) is 14.7. The molecule has 0 saturated carbocycles. The fourth-order valence-electron chi connectivity index (χ4n) is 3.27. The number of sulfone groups is 1. The summed E-state index contributed by atoms with van der Waals surface area (Å²) in [5, 5.41) is 1.99. The van der Waals surface area contributed by atoms with Crippen LogP contribution in [0.3, 0.4) is 0 Å². The van der Waals surface area contributed by atoms with Gasteiger partial charge in [-0.3, -0.25) is 4.79 Å². The van der Waals surface area contributed by atoms with Crippen LogP contribution in [0.1, 0.15) is 22.8 Å². The molecule has 0 radical (unpaired) electrons. The molecular weight excluding hydrogens is 354 g/mol. The van der Waals surface area contributed by atoms with Gasteiger partial charge >= 0.3 is 0 Å². The standard InChI is InChI=1S/C19H21NO5S/c1-24-14-8-9-17(25-2)16(11-14)20-19(21)12-26(22,23)18-10-7-13-5-3-4-6-15(13)18/h3-6,8-9,11,18H,7,10,12H2,1-2H3,(H,20,21). The maximum Gasteiger partial charge on any atom is 0.239 e. The number of hydrogen-bond donors (Lipinski definition) is 1. The minimum Gasteiger partial charge on any atom is -0.497 e. The van der Waals surface area contributed by atoms with Gasteiger partial charge in [-0.2, -0.15) is 0 Å². The Bertz CT molecular complexity index is 923. The van der Waals surface area contributed by atoms with Crippen molar-refractivity contribution in [2.45, 2.75) is 18.1 Å². The van der Waals surface area contributed by atoms with E-state index in [1.165, 1.54) is 14.2 Å². The van der Waals surface area contributed by atoms with E-state index in [-0.39, 0.29) is 0 Å². The molecule has 3 rings (SSSR count). The first-order valence-corrected chi connectivity index (χ1v) is 9.97. The molecule has 0 heterocycles. The molecular formula is C19H21NO5S. The molecule has 26 heavy (non-hydrogen) atoms. The van der Waals surface area contributed by atoms with Crippen LogP contribution in [0.5, 0.6) is 11.5 Å². The summed E-state index contributed by atoms with van der Waals surface area (Å²) in [5.41, 5.74) is 2.22. The predicted octanol–water partition coefficient (Wildman–Crippen LogP) is 2.74. The fourth-order valence-corrected chi connectivity index (χ4v) is 5.01. The van der Waals surface area contributed by atoms with Gasteiger partial charge in [-0.15, -0.1) is 0 Å². The van der Waals surface area contributed by atoms with E-state index in [1.54, 1.807) is 18.2 Å². The van der Waals surface area contributed by atoms with Gasteiger partial charge in [0.1, 0.15) is 17.3 Å². The molecule has 1 atom stereocenters. The Hall–Kier alpha value is -2.54. The SMILES string of the molecule is COc1ccc(OC)c(NC(=O)CS(=O)(=O)C2CCc3ccccc32)c1. The van der Waals surface area contributed by atoms with Crippen LogP contribution in [0.4, 0.5) is 5.69 Å². The molecule has 0 saturated heterocycles. The van der Waals surface area contributed by atoms with E-state index in [0.717, 1.165) is 11.1 Å². The van der Waals surface area contributed by atoms with Gasteiger partial charge < -0.3 is 14.8 Å². The highest BCUT2D eigenvalue weighted by molar-refractivity contribution is 7.92. The third kappa shape index (κ3) is 3.67. The number of carbonyl (C=O) groups is 1. The Morgan fingerprint density at radius 1 is 1.15 bits per heavy atom. The normalized spacial score (nSPS) is 16.0. The number of nitrogens with one attached hydrogen (secondary N) is 1. The lowest BCUT2D eigenvalue weighted by Gasteiger charge is -2.15. The Balaban J connectivity index is 1.76. The number of carbonyl (C=O) groups excluding carboxylic acids is 1. The Morgan fingerprint density at radius 3 is 2.65 bits per heavy atom. The molecule has 1 N–H and O–H groups in total. The largest absolute Gasteiger partial charge is 0.497 e. The van der Waals surface area contributed by atoms with Crippen molar-refractivity contribution in [3.8, 4) is 11.5 Å². The van der Waals surface area contributed by atoms with Crippen LogP contribution in [0.2, 0.25) is 0 Å². The number of anilines is 1. The number of methoxy groups -OCH3 is 2. The van der Waals surface area contributed by atoms with Crippen LogP contribution in [0.15, 0.2) is 42.5 Å². The number of aryl methyl sites for hydroxylation is 1. The topological polar surface area (TPSA) is 81.7 Å². The first-order chi connectivity index (χ1) is 12.4. The van der Waals surface area contributed by atoms with Gasteiger partial charge in [0, 0.05) is 6.07 Å². The Morgan fingerprint density at radius 2 is 1.92 bits per heavy atom. The van der Waals surface area contributed by atoms with E-state index in [9.17, 15) is 13.2 Å². The minimum atomic E-state index is -3.61. The van der Waals surface area contributed by atoms with E-state index in [0.29, 0.717) is 30.0 Å². The first-order valence-electron chi connectivity index (χ1n) is 8.26. The highest BCUT2D eigenvalue weighted by atomic mass is 32.2. The third-order valence-corrected chi connectivity index (χ3v) is 6.55. The van der Waals surface area contributed by atoms with Gasteiger partial charge in [0.25, 0.3) is 0 Å². The molecule has 0 aromatic heterocycles. The second-order valence-electron chi connectivity index (χ2n) is 6.15. The zero-order chi connectivity index (χ0) is 18.7. The molecule has 1 unspecified atom stereocenters. The molecule has 7 heteroatoms. The van der Waals surface area contributed by atoms with Gasteiger partial charge in [-0.05, 0) is 36.1 Å². The van der Waals surface area contributed by atoms with Gasteiger partial charge in [-0.1, -0.05) is 24.3 Å². The first kappa shape index (κ1) is 18.3. The van der Waals surface area contributed by atoms with Crippen LogP contribution in [-0.4, -0.2) is 34.3 Å². The summed E-state index contributed by atoms with van der Waals surface area (Å²) in [6.45, 7) is 0. The summed E-state index contributed by atoms with van der Waals surface area (Å²) < 4.78 is 35.8. The van der Waals surface area contributed by atoms with E-state index in [4.69, 9.17) is 9.47 Å². The van der Waals surface area contributed by atoms with Crippen molar-refractivity contribution >= 4 is 21.4 Å². The lowest BCUT2D eigenvalue weighted by atomic mass is 10.1. The number of benzene rings is 2. The maximum absolute atomic E-state index is 12.8. The zero-order valence-corrected chi connectivity index (χ0v) is 15.5. The van der Waals surface area contributed by atoms with Crippen LogP contribution >= 0.6 is 0 Å². The number of amides is 1. The van der Waals surface area contributed by atoms with Gasteiger partial charge in [-0.25, -0.2) is 8.42 Å². The van der Waals surface area contributed by atoms with Gasteiger partial charge in [0.2, 0.25) is 5.91 Å². The van der Waals surface area contributed by atoms with Crippen molar-refractivity contribution in [1.29, 1.82) is 0 Å². The monoisotopic (exact) mass is 375 g/mol. The number of rotatable bonds is 6. The van der Waals surface area contributed by atoms with E-state index in [1.807, 2.05) is 24.3 Å². The van der Waals surface area contributed by atoms with Crippen LogP contribution in [-0.2, 0) is 21.1 Å². The molecule has 2 aromatic rings. The van der Waals surface area contributed by atoms with Crippen molar-refractivity contribution in [3.05, 3.63) is 53.6 Å². The van der Waals surface area contributed by atoms with Gasteiger partial charge in [0.15, 0.2) is 9.84 Å². The van der Waals surface area contributed by atoms with Crippen molar-refractivity contribution in [2.75, 3.05) is 25.3 Å². The fraction of sp³-hybridized carbons (Fsp3) is 0.316. The van der Waals surface area contributed by atoms with Crippen molar-refractivity contribution in [1.82, 2.24) is 0 Å². The average molecular weight is 375 g/mol. The number of fused-ring (bicyclic) bond motifs is 1. The molecule has 0 spiro atoms. The maximum atomic E-state index is 12.8. The smallest absolute Gasteiger partial charge is 0.239 e. The highest BCUT2D eigenvalue weighted by Gasteiger charge is 2.34. The molecule has 0 bridgehead atoms. The van der Waals surface area contributed by atoms with Crippen molar-refractivity contribution in [2.24, 2.45) is 0 Å². The predicted molar refractivity (Wildman–Crippen MR) is 99.5 cm³/mol. The summed E-state index contributed by atoms with van der Waals surface area (Å²) >= 11 is 0. The summed E-state index contributed by atoms with van der Waals surface area (Å²) in [7, 11) is -0.627. The second kappa shape index (κ2) is 7.37. The number of ether oxygens (including phenoxy) is 2. The Labute approximate surface area is 153 Å². The lowest BCUT2D eigenvalue weighted by Crippen LogP contribution is -2.26. The van der Waals surface area contributed by atoms with Gasteiger partial charge in [0.05, 0.1) is 25.2 Å². The molecule has 1 aliphatic carbocycles. The quantitative estimate of drug-likeness (QED) is 0.840. The summed E-state index contributed by atoms with van der Waals surface area (Å²) in [4.78, 5) is 12.4. The van der Waals surface area contributed by atoms with Crippen LogP contribution in [0.25, 0.3) is 0 Å². The Kier molecular flexibility index (Phi) is 5.18. The van der Waals surface area contributed by atoms with Crippen LogP contribution in [0, 0.1) is 0 Å². The highest BCUT2D eigenvalue weighted by Crippen LogP contribution is 2.37. The summed E-state index contributed by atoms with van der Waals surface area (Å²) in [6, 6.07) is 12.4.